The first-order valence-electron chi connectivity index (χ1n) is 13.7. The van der Waals surface area contributed by atoms with Crippen molar-refractivity contribution in [3.05, 3.63) is 95.8 Å². The zero-order valence-corrected chi connectivity index (χ0v) is 24.6. The minimum Gasteiger partial charge on any atom is -0.489 e. The van der Waals surface area contributed by atoms with Gasteiger partial charge in [0.2, 0.25) is 21.8 Å². The number of ether oxygens (including phenoxy) is 1. The Labute approximate surface area is 242 Å². The van der Waals surface area contributed by atoms with Gasteiger partial charge in [0.15, 0.2) is 0 Å². The van der Waals surface area contributed by atoms with Gasteiger partial charge in [-0.2, -0.15) is 0 Å². The van der Waals surface area contributed by atoms with E-state index >= 15 is 0 Å². The van der Waals surface area contributed by atoms with Crippen molar-refractivity contribution < 1.29 is 27.1 Å². The fraction of sp³-hybridized carbons (Fsp3) is 0.355. The summed E-state index contributed by atoms with van der Waals surface area (Å²) in [5.41, 5.74) is 1.89. The number of halogens is 1. The summed E-state index contributed by atoms with van der Waals surface area (Å²) in [5, 5.41) is 2.87. The number of anilines is 1. The van der Waals surface area contributed by atoms with Crippen LogP contribution in [0.2, 0.25) is 0 Å². The van der Waals surface area contributed by atoms with E-state index in [0.29, 0.717) is 30.9 Å². The van der Waals surface area contributed by atoms with Crippen LogP contribution in [-0.2, 0) is 32.8 Å². The molecule has 3 aromatic rings. The molecule has 0 aromatic heterocycles. The van der Waals surface area contributed by atoms with Crippen LogP contribution in [0, 0.1) is 5.82 Å². The highest BCUT2D eigenvalue weighted by Crippen LogP contribution is 2.23. The van der Waals surface area contributed by atoms with Gasteiger partial charge in [-0.05, 0) is 60.4 Å². The third kappa shape index (κ3) is 9.60. The average molecular weight is 584 g/mol. The van der Waals surface area contributed by atoms with E-state index in [9.17, 15) is 22.4 Å². The molecule has 0 heterocycles. The summed E-state index contributed by atoms with van der Waals surface area (Å²) in [5.74, 6) is -0.746. The Morgan fingerprint density at radius 2 is 1.59 bits per heavy atom. The highest BCUT2D eigenvalue weighted by molar-refractivity contribution is 7.92. The van der Waals surface area contributed by atoms with E-state index in [2.05, 4.69) is 5.32 Å². The molecular weight excluding hydrogens is 545 g/mol. The number of carbonyl (C=O) groups excluding carboxylic acids is 2. The molecule has 10 heteroatoms. The monoisotopic (exact) mass is 583 g/mol. The Bertz CT molecular complexity index is 1370. The van der Waals surface area contributed by atoms with E-state index in [4.69, 9.17) is 4.74 Å². The Kier molecular flexibility index (Phi) is 11.7. The fourth-order valence-electron chi connectivity index (χ4n) is 4.28. The van der Waals surface area contributed by atoms with E-state index in [-0.39, 0.29) is 18.1 Å². The SMILES string of the molecule is CCCCNC(=O)C(CC)N(Cc1ccc(F)cc1)C(=O)CN(c1ccc(OCc2ccccc2)cc1)S(C)(=O)=O. The largest absolute Gasteiger partial charge is 0.489 e. The average Bonchev–Trinajstić information content (AvgIpc) is 2.96. The highest BCUT2D eigenvalue weighted by atomic mass is 32.2. The minimum atomic E-state index is -3.87. The Balaban J connectivity index is 1.83. The number of unbranched alkanes of at least 4 members (excludes halogenated alkanes) is 1. The van der Waals surface area contributed by atoms with Crippen LogP contribution in [0.1, 0.15) is 44.2 Å². The second-order valence-corrected chi connectivity index (χ2v) is 11.7. The van der Waals surface area contributed by atoms with E-state index in [1.807, 2.05) is 37.3 Å². The van der Waals surface area contributed by atoms with Crippen LogP contribution in [0.5, 0.6) is 5.75 Å². The molecule has 1 unspecified atom stereocenters. The van der Waals surface area contributed by atoms with E-state index in [1.54, 1.807) is 43.3 Å². The van der Waals surface area contributed by atoms with Gasteiger partial charge in [-0.15, -0.1) is 0 Å². The summed E-state index contributed by atoms with van der Waals surface area (Å²) in [6.45, 7) is 4.13. The Morgan fingerprint density at radius 1 is 0.927 bits per heavy atom. The zero-order chi connectivity index (χ0) is 29.8. The molecule has 1 atom stereocenters. The lowest BCUT2D eigenvalue weighted by Crippen LogP contribution is -2.52. The second kappa shape index (κ2) is 15.2. The number of hydrogen-bond acceptors (Lipinski definition) is 5. The van der Waals surface area contributed by atoms with Gasteiger partial charge in [0.05, 0.1) is 11.9 Å². The molecule has 0 radical (unpaired) electrons. The number of nitrogens with zero attached hydrogens (tertiary/aromatic N) is 2. The minimum absolute atomic E-state index is 0.0166. The zero-order valence-electron chi connectivity index (χ0n) is 23.8. The van der Waals surface area contributed by atoms with Crippen LogP contribution in [0.25, 0.3) is 0 Å². The number of rotatable bonds is 15. The third-order valence-electron chi connectivity index (χ3n) is 6.53. The van der Waals surface area contributed by atoms with Crippen LogP contribution < -0.4 is 14.4 Å². The van der Waals surface area contributed by atoms with Crippen LogP contribution in [0.4, 0.5) is 10.1 Å². The molecule has 8 nitrogen and oxygen atoms in total. The molecule has 0 saturated carbocycles. The van der Waals surface area contributed by atoms with Crippen LogP contribution >= 0.6 is 0 Å². The molecule has 2 amide bonds. The van der Waals surface area contributed by atoms with Crippen molar-refractivity contribution in [2.24, 2.45) is 0 Å². The summed E-state index contributed by atoms with van der Waals surface area (Å²) >= 11 is 0. The number of sulfonamides is 1. The summed E-state index contributed by atoms with van der Waals surface area (Å²) < 4.78 is 46.0. The number of nitrogens with one attached hydrogen (secondary N) is 1. The Morgan fingerprint density at radius 3 is 2.17 bits per heavy atom. The van der Waals surface area contributed by atoms with Gasteiger partial charge < -0.3 is 15.0 Å². The summed E-state index contributed by atoms with van der Waals surface area (Å²) in [6, 6.07) is 20.9. The third-order valence-corrected chi connectivity index (χ3v) is 7.67. The van der Waals surface area contributed by atoms with Crippen molar-refractivity contribution in [1.82, 2.24) is 10.2 Å². The molecule has 3 aromatic carbocycles. The fourth-order valence-corrected chi connectivity index (χ4v) is 5.13. The van der Waals surface area contributed by atoms with Gasteiger partial charge >= 0.3 is 0 Å². The number of carbonyl (C=O) groups is 2. The standard InChI is InChI=1S/C31H38FN3O5S/c1-4-6-20-33-31(37)29(5-2)34(21-24-12-14-26(32)15-13-24)30(36)22-35(41(3,38)39)27-16-18-28(19-17-27)40-23-25-10-8-7-9-11-25/h7-19,29H,4-6,20-23H2,1-3H3,(H,33,37). The van der Waals surface area contributed by atoms with E-state index in [0.717, 1.165) is 29.0 Å². The predicted octanol–water partition coefficient (Wildman–Crippen LogP) is 4.89. The highest BCUT2D eigenvalue weighted by Gasteiger charge is 2.31. The molecule has 3 rings (SSSR count). The lowest BCUT2D eigenvalue weighted by molar-refractivity contribution is -0.140. The number of hydrogen-bond donors (Lipinski definition) is 1. The van der Waals surface area contributed by atoms with Crippen molar-refractivity contribution >= 4 is 27.5 Å². The van der Waals surface area contributed by atoms with Gasteiger partial charge in [-0.3, -0.25) is 13.9 Å². The van der Waals surface area contributed by atoms with Gasteiger partial charge in [0.1, 0.15) is 30.8 Å². The first kappa shape index (κ1) is 31.6. The van der Waals surface area contributed by atoms with Crippen molar-refractivity contribution in [2.75, 3.05) is 23.7 Å². The lowest BCUT2D eigenvalue weighted by atomic mass is 10.1. The molecule has 0 aliphatic rings. The number of amides is 2. The summed E-state index contributed by atoms with van der Waals surface area (Å²) in [7, 11) is -3.87. The van der Waals surface area contributed by atoms with Crippen molar-refractivity contribution in [1.29, 1.82) is 0 Å². The molecule has 0 spiro atoms. The van der Waals surface area contributed by atoms with Crippen molar-refractivity contribution in [2.45, 2.75) is 52.3 Å². The van der Waals surface area contributed by atoms with Gasteiger partial charge in [0, 0.05) is 13.1 Å². The lowest BCUT2D eigenvalue weighted by Gasteiger charge is -2.33. The molecule has 0 fully saturated rings. The summed E-state index contributed by atoms with van der Waals surface area (Å²) in [6.07, 6.45) is 3.03. The quantitative estimate of drug-likeness (QED) is 0.257. The molecule has 41 heavy (non-hydrogen) atoms. The smallest absolute Gasteiger partial charge is 0.244 e. The normalized spacial score (nSPS) is 11.9. The van der Waals surface area contributed by atoms with Crippen LogP contribution in [0.3, 0.4) is 0 Å². The number of benzene rings is 3. The van der Waals surface area contributed by atoms with E-state index in [1.165, 1.54) is 17.0 Å². The van der Waals surface area contributed by atoms with Crippen LogP contribution in [-0.4, -0.2) is 50.5 Å². The van der Waals surface area contributed by atoms with Crippen molar-refractivity contribution in [3.8, 4) is 5.75 Å². The molecule has 0 saturated heterocycles. The van der Waals surface area contributed by atoms with Crippen molar-refractivity contribution in [3.63, 3.8) is 0 Å². The first-order valence-corrected chi connectivity index (χ1v) is 15.5. The molecule has 0 bridgehead atoms. The maximum Gasteiger partial charge on any atom is 0.244 e. The predicted molar refractivity (Wildman–Crippen MR) is 158 cm³/mol. The summed E-state index contributed by atoms with van der Waals surface area (Å²) in [4.78, 5) is 28.2. The molecule has 0 aliphatic heterocycles. The maximum absolute atomic E-state index is 13.7. The molecule has 220 valence electrons. The Hall–Kier alpha value is -3.92. The maximum atomic E-state index is 13.7. The van der Waals surface area contributed by atoms with Gasteiger partial charge in [-0.1, -0.05) is 62.7 Å². The molecule has 1 N–H and O–H groups in total. The first-order chi connectivity index (χ1) is 19.6. The molecule has 0 aliphatic carbocycles. The van der Waals surface area contributed by atoms with Gasteiger partial charge in [0.25, 0.3) is 0 Å². The van der Waals surface area contributed by atoms with Crippen LogP contribution in [0.15, 0.2) is 78.9 Å². The topological polar surface area (TPSA) is 96.0 Å². The molecular formula is C31H38FN3O5S. The second-order valence-electron chi connectivity index (χ2n) is 9.75. The van der Waals surface area contributed by atoms with Gasteiger partial charge in [-0.25, -0.2) is 12.8 Å². The van der Waals surface area contributed by atoms with E-state index < -0.39 is 34.3 Å².